The predicted octanol–water partition coefficient (Wildman–Crippen LogP) is 5.63. The number of benzene rings is 2. The number of rotatable bonds is 6. The van der Waals surface area contributed by atoms with E-state index < -0.39 is 5.54 Å². The van der Waals surface area contributed by atoms with Crippen LogP contribution in [0.25, 0.3) is 22.0 Å². The number of hydrogen-bond donors (Lipinski definition) is 1. The lowest BCUT2D eigenvalue weighted by molar-refractivity contribution is -0.132. The highest BCUT2D eigenvalue weighted by atomic mass is 16.2. The highest BCUT2D eigenvalue weighted by Gasteiger charge is 2.50. The summed E-state index contributed by atoms with van der Waals surface area (Å²) in [6.45, 7) is 4.61. The molecule has 2 amide bonds. The number of fused-ring (bicyclic) bond motifs is 1. The van der Waals surface area contributed by atoms with Crippen molar-refractivity contribution in [3.05, 3.63) is 60.3 Å². The number of carbonyl (C=O) groups is 2. The molecule has 3 fully saturated rings. The minimum absolute atomic E-state index is 0.182. The summed E-state index contributed by atoms with van der Waals surface area (Å²) in [7, 11) is 0. The molecule has 0 radical (unpaired) electrons. The molecule has 2 atom stereocenters. The van der Waals surface area contributed by atoms with Crippen molar-refractivity contribution in [2.75, 3.05) is 19.6 Å². The zero-order chi connectivity index (χ0) is 25.9. The molecule has 38 heavy (non-hydrogen) atoms. The SMILES string of the molecule is CC(CN1C(=O)C2(CCCC2)N=C1c1ccc(-c2ccc3cc[nH]c3c2)cc1)C1CCN(C(=O)C2CC2)C1. The van der Waals surface area contributed by atoms with Gasteiger partial charge in [0, 0.05) is 42.8 Å². The minimum atomic E-state index is -0.573. The van der Waals surface area contributed by atoms with Crippen LogP contribution < -0.4 is 0 Å². The normalized spacial score (nSPS) is 23.6. The lowest BCUT2D eigenvalue weighted by Crippen LogP contribution is -2.44. The number of aliphatic imine (C=N–C) groups is 1. The van der Waals surface area contributed by atoms with E-state index in [1.54, 1.807) is 0 Å². The van der Waals surface area contributed by atoms with E-state index in [-0.39, 0.29) is 11.8 Å². The lowest BCUT2D eigenvalue weighted by atomic mass is 9.91. The van der Waals surface area contributed by atoms with E-state index >= 15 is 0 Å². The number of amidine groups is 1. The molecule has 1 N–H and O–H groups in total. The summed E-state index contributed by atoms with van der Waals surface area (Å²) in [5.41, 5.74) is 3.88. The molecule has 2 aliphatic heterocycles. The Bertz CT molecular complexity index is 1410. The molecule has 3 heterocycles. The zero-order valence-corrected chi connectivity index (χ0v) is 22.2. The topological polar surface area (TPSA) is 68.8 Å². The van der Waals surface area contributed by atoms with Crippen molar-refractivity contribution in [1.29, 1.82) is 0 Å². The molecule has 2 saturated carbocycles. The van der Waals surface area contributed by atoms with E-state index in [1.807, 2.05) is 11.1 Å². The number of likely N-dealkylation sites (tertiary alicyclic amines) is 1. The van der Waals surface area contributed by atoms with Gasteiger partial charge in [0.15, 0.2) is 0 Å². The van der Waals surface area contributed by atoms with Gasteiger partial charge >= 0.3 is 0 Å². The first-order valence-electron chi connectivity index (χ1n) is 14.4. The van der Waals surface area contributed by atoms with Gasteiger partial charge in [0.2, 0.25) is 5.91 Å². The van der Waals surface area contributed by atoms with Crippen molar-refractivity contribution in [3.8, 4) is 11.1 Å². The minimum Gasteiger partial charge on any atom is -0.361 e. The monoisotopic (exact) mass is 508 g/mol. The summed E-state index contributed by atoms with van der Waals surface area (Å²) in [4.78, 5) is 39.0. The maximum Gasteiger partial charge on any atom is 0.256 e. The fourth-order valence-electron chi connectivity index (χ4n) is 6.85. The average molecular weight is 509 g/mol. The van der Waals surface area contributed by atoms with Gasteiger partial charge in [0.1, 0.15) is 11.4 Å². The zero-order valence-electron chi connectivity index (χ0n) is 22.2. The van der Waals surface area contributed by atoms with Gasteiger partial charge in [-0.1, -0.05) is 56.2 Å². The fourth-order valence-corrected chi connectivity index (χ4v) is 6.85. The van der Waals surface area contributed by atoms with Crippen LogP contribution in [0, 0.1) is 17.8 Å². The molecule has 2 unspecified atom stereocenters. The van der Waals surface area contributed by atoms with Gasteiger partial charge in [-0.2, -0.15) is 0 Å². The molecule has 1 saturated heterocycles. The summed E-state index contributed by atoms with van der Waals surface area (Å²) >= 11 is 0. The Balaban J connectivity index is 1.13. The number of nitrogens with zero attached hydrogens (tertiary/aromatic N) is 3. The summed E-state index contributed by atoms with van der Waals surface area (Å²) < 4.78 is 0. The Morgan fingerprint density at radius 1 is 1.03 bits per heavy atom. The fraction of sp³-hybridized carbons (Fsp3) is 0.469. The van der Waals surface area contributed by atoms with Gasteiger partial charge in [-0.3, -0.25) is 19.5 Å². The van der Waals surface area contributed by atoms with Crippen LogP contribution in [0.5, 0.6) is 0 Å². The van der Waals surface area contributed by atoms with Gasteiger partial charge in [-0.05, 0) is 72.6 Å². The molecule has 2 aromatic carbocycles. The van der Waals surface area contributed by atoms with Crippen LogP contribution in [-0.4, -0.2) is 57.6 Å². The van der Waals surface area contributed by atoms with Crippen LogP contribution in [-0.2, 0) is 9.59 Å². The Morgan fingerprint density at radius 2 is 1.76 bits per heavy atom. The average Bonchev–Trinajstić information content (AvgIpc) is 3.30. The highest BCUT2D eigenvalue weighted by Crippen LogP contribution is 2.41. The van der Waals surface area contributed by atoms with Crippen molar-refractivity contribution >= 4 is 28.6 Å². The molecule has 4 aliphatic rings. The Morgan fingerprint density at radius 3 is 2.53 bits per heavy atom. The van der Waals surface area contributed by atoms with Crippen molar-refractivity contribution in [2.45, 2.75) is 57.4 Å². The molecule has 1 spiro atoms. The number of H-pyrrole nitrogens is 1. The summed E-state index contributed by atoms with van der Waals surface area (Å²) in [5, 5.41) is 1.21. The third-order valence-corrected chi connectivity index (χ3v) is 9.42. The van der Waals surface area contributed by atoms with Crippen molar-refractivity contribution in [2.24, 2.45) is 22.7 Å². The van der Waals surface area contributed by atoms with Crippen LogP contribution in [0.1, 0.15) is 57.4 Å². The first-order chi connectivity index (χ1) is 18.5. The number of carbonyl (C=O) groups excluding carboxylic acids is 2. The van der Waals surface area contributed by atoms with E-state index in [9.17, 15) is 9.59 Å². The maximum absolute atomic E-state index is 13.9. The molecule has 7 rings (SSSR count). The van der Waals surface area contributed by atoms with E-state index in [2.05, 4.69) is 65.3 Å². The van der Waals surface area contributed by atoms with Crippen LogP contribution in [0.2, 0.25) is 0 Å². The quantitative estimate of drug-likeness (QED) is 0.469. The van der Waals surface area contributed by atoms with E-state index in [4.69, 9.17) is 4.99 Å². The summed E-state index contributed by atoms with van der Waals surface area (Å²) in [6.07, 6.45) is 8.93. The van der Waals surface area contributed by atoms with Crippen LogP contribution in [0.3, 0.4) is 0 Å². The molecule has 196 valence electrons. The van der Waals surface area contributed by atoms with E-state index in [0.29, 0.717) is 24.3 Å². The van der Waals surface area contributed by atoms with Crippen molar-refractivity contribution < 1.29 is 9.59 Å². The number of hydrogen-bond acceptors (Lipinski definition) is 3. The van der Waals surface area contributed by atoms with Crippen LogP contribution in [0.4, 0.5) is 0 Å². The molecule has 6 heteroatoms. The molecule has 2 aliphatic carbocycles. The molecule has 1 aromatic heterocycles. The smallest absolute Gasteiger partial charge is 0.256 e. The van der Waals surface area contributed by atoms with Gasteiger partial charge < -0.3 is 9.88 Å². The van der Waals surface area contributed by atoms with Gasteiger partial charge in [-0.25, -0.2) is 0 Å². The molecular formula is C32H36N4O2. The number of nitrogens with one attached hydrogen (secondary N) is 1. The predicted molar refractivity (Wildman–Crippen MR) is 150 cm³/mol. The third kappa shape index (κ3) is 4.05. The maximum atomic E-state index is 13.9. The number of aromatic amines is 1. The van der Waals surface area contributed by atoms with Gasteiger partial charge in [0.25, 0.3) is 5.91 Å². The Labute approximate surface area is 224 Å². The number of amides is 2. The number of aromatic nitrogens is 1. The largest absolute Gasteiger partial charge is 0.361 e. The lowest BCUT2D eigenvalue weighted by Gasteiger charge is -2.28. The Kier molecular flexibility index (Phi) is 5.68. The molecule has 3 aromatic rings. The highest BCUT2D eigenvalue weighted by molar-refractivity contribution is 6.15. The molecule has 0 bridgehead atoms. The first kappa shape index (κ1) is 23.7. The first-order valence-corrected chi connectivity index (χ1v) is 14.4. The standard InChI is InChI=1S/C32H36N4O2/c1-21(27-13-17-35(20-27)30(37)25-9-10-25)19-36-29(34-32(31(36)38)14-2-3-15-32)24-7-4-22(5-8-24)26-11-6-23-12-16-33-28(23)18-26/h4-8,11-12,16,18,21,25,27,33H,2-3,9-10,13-15,17,19-20H2,1H3. The van der Waals surface area contributed by atoms with Gasteiger partial charge in [0.05, 0.1) is 0 Å². The second kappa shape index (κ2) is 9.11. The summed E-state index contributed by atoms with van der Waals surface area (Å²) in [6, 6.07) is 17.1. The second-order valence-electron chi connectivity index (χ2n) is 12.0. The molecular weight excluding hydrogens is 472 g/mol. The third-order valence-electron chi connectivity index (χ3n) is 9.42. The van der Waals surface area contributed by atoms with Crippen LogP contribution in [0.15, 0.2) is 59.7 Å². The van der Waals surface area contributed by atoms with Crippen molar-refractivity contribution in [1.82, 2.24) is 14.8 Å². The van der Waals surface area contributed by atoms with E-state index in [0.717, 1.165) is 80.5 Å². The van der Waals surface area contributed by atoms with E-state index in [1.165, 1.54) is 10.9 Å². The Hall–Kier alpha value is -3.41. The molecule has 6 nitrogen and oxygen atoms in total. The van der Waals surface area contributed by atoms with Gasteiger partial charge in [-0.15, -0.1) is 0 Å². The summed E-state index contributed by atoms with van der Waals surface area (Å²) in [5.74, 6) is 2.38. The second-order valence-corrected chi connectivity index (χ2v) is 12.0. The van der Waals surface area contributed by atoms with Crippen molar-refractivity contribution in [3.63, 3.8) is 0 Å². The van der Waals surface area contributed by atoms with Crippen LogP contribution >= 0.6 is 0 Å².